The first-order chi connectivity index (χ1) is 9.68. The maximum Gasteiger partial charge on any atom is 0.0914 e. The second-order valence-corrected chi connectivity index (χ2v) is 7.67. The zero-order valence-electron chi connectivity index (χ0n) is 14.0. The molecule has 1 aromatic rings. The normalized spacial score (nSPS) is 18.2. The zero-order valence-corrected chi connectivity index (χ0v) is 14.0. The Morgan fingerprint density at radius 2 is 1.86 bits per heavy atom. The van der Waals surface area contributed by atoms with Gasteiger partial charge in [0.15, 0.2) is 0 Å². The fraction of sp³-hybridized carbons (Fsp3) is 0.450. The van der Waals surface area contributed by atoms with Gasteiger partial charge in [0.2, 0.25) is 0 Å². The van der Waals surface area contributed by atoms with Crippen LogP contribution in [0.5, 0.6) is 0 Å². The predicted octanol–water partition coefficient (Wildman–Crippen LogP) is 5.64. The van der Waals surface area contributed by atoms with Crippen molar-refractivity contribution in [3.63, 3.8) is 0 Å². The van der Waals surface area contributed by atoms with Crippen LogP contribution in [0.4, 0.5) is 0 Å². The van der Waals surface area contributed by atoms with Gasteiger partial charge < -0.3 is 0 Å². The summed E-state index contributed by atoms with van der Waals surface area (Å²) in [5.74, 6) is 0. The van der Waals surface area contributed by atoms with Crippen molar-refractivity contribution in [2.24, 2.45) is 5.41 Å². The van der Waals surface area contributed by atoms with E-state index in [0.717, 1.165) is 12.0 Å². The van der Waals surface area contributed by atoms with Crippen LogP contribution in [-0.4, -0.2) is 0 Å². The molecule has 0 amide bonds. The number of benzene rings is 1. The van der Waals surface area contributed by atoms with Crippen LogP contribution in [0.1, 0.15) is 59.1 Å². The minimum atomic E-state index is 0.0620. The SMILES string of the molecule is CC(=CC#N)C1=C(C(C)(C)C)c2ccccc2C(C)(C)C1. The van der Waals surface area contributed by atoms with E-state index >= 15 is 0 Å². The number of fused-ring (bicyclic) bond motifs is 1. The van der Waals surface area contributed by atoms with E-state index in [4.69, 9.17) is 5.26 Å². The highest BCUT2D eigenvalue weighted by molar-refractivity contribution is 5.80. The molecule has 0 saturated heterocycles. The third-order valence-electron chi connectivity index (χ3n) is 4.35. The third-order valence-corrected chi connectivity index (χ3v) is 4.35. The van der Waals surface area contributed by atoms with Gasteiger partial charge in [-0.15, -0.1) is 0 Å². The lowest BCUT2D eigenvalue weighted by atomic mass is 9.64. The van der Waals surface area contributed by atoms with Crippen molar-refractivity contribution in [2.45, 2.75) is 53.4 Å². The van der Waals surface area contributed by atoms with Crippen molar-refractivity contribution < 1.29 is 0 Å². The molecular weight excluding hydrogens is 254 g/mol. The zero-order chi connectivity index (χ0) is 15.8. The van der Waals surface area contributed by atoms with Crippen molar-refractivity contribution >= 4 is 5.57 Å². The molecule has 0 radical (unpaired) electrons. The molecule has 0 heterocycles. The van der Waals surface area contributed by atoms with Crippen molar-refractivity contribution in [3.8, 4) is 6.07 Å². The minimum Gasteiger partial charge on any atom is -0.193 e. The van der Waals surface area contributed by atoms with Gasteiger partial charge in [-0.3, -0.25) is 0 Å². The Bertz CT molecular complexity index is 658. The van der Waals surface area contributed by atoms with Crippen molar-refractivity contribution in [3.05, 3.63) is 52.6 Å². The maximum atomic E-state index is 9.03. The van der Waals surface area contributed by atoms with Crippen LogP contribution in [0.3, 0.4) is 0 Å². The van der Waals surface area contributed by atoms with E-state index in [9.17, 15) is 0 Å². The molecule has 0 aromatic heterocycles. The summed E-state index contributed by atoms with van der Waals surface area (Å²) in [4.78, 5) is 0. The van der Waals surface area contributed by atoms with Crippen LogP contribution in [0.2, 0.25) is 0 Å². The van der Waals surface area contributed by atoms with E-state index in [1.165, 1.54) is 22.3 Å². The predicted molar refractivity (Wildman–Crippen MR) is 89.8 cm³/mol. The van der Waals surface area contributed by atoms with Crippen LogP contribution in [0.15, 0.2) is 41.5 Å². The van der Waals surface area contributed by atoms with Gasteiger partial charge in [0.1, 0.15) is 0 Å². The Balaban J connectivity index is 2.83. The molecule has 0 N–H and O–H groups in total. The molecule has 0 atom stereocenters. The van der Waals surface area contributed by atoms with E-state index in [1.807, 2.05) is 0 Å². The molecule has 21 heavy (non-hydrogen) atoms. The van der Waals surface area contributed by atoms with Gasteiger partial charge in [0.25, 0.3) is 0 Å². The first-order valence-corrected chi connectivity index (χ1v) is 7.59. The Labute approximate surface area is 129 Å². The molecule has 0 spiro atoms. The average molecular weight is 279 g/mol. The topological polar surface area (TPSA) is 23.8 Å². The molecule has 0 aliphatic heterocycles. The highest BCUT2D eigenvalue weighted by Crippen LogP contribution is 2.50. The number of allylic oxidation sites excluding steroid dienone is 4. The van der Waals surface area contributed by atoms with E-state index in [0.29, 0.717) is 0 Å². The second kappa shape index (κ2) is 5.19. The fourth-order valence-corrected chi connectivity index (χ4v) is 3.46. The van der Waals surface area contributed by atoms with Crippen LogP contribution >= 0.6 is 0 Å². The van der Waals surface area contributed by atoms with Crippen LogP contribution in [-0.2, 0) is 5.41 Å². The molecular formula is C20H25N. The first-order valence-electron chi connectivity index (χ1n) is 7.59. The molecule has 0 saturated carbocycles. The quantitative estimate of drug-likeness (QED) is 0.610. The van der Waals surface area contributed by atoms with E-state index in [-0.39, 0.29) is 10.8 Å². The molecule has 1 heteroatoms. The summed E-state index contributed by atoms with van der Waals surface area (Å²) in [5.41, 5.74) is 6.77. The molecule has 110 valence electrons. The smallest absolute Gasteiger partial charge is 0.0914 e. The average Bonchev–Trinajstić information content (AvgIpc) is 2.36. The Morgan fingerprint density at radius 3 is 2.43 bits per heavy atom. The number of rotatable bonds is 1. The minimum absolute atomic E-state index is 0.0620. The monoisotopic (exact) mass is 279 g/mol. The van der Waals surface area contributed by atoms with Gasteiger partial charge in [-0.2, -0.15) is 5.26 Å². The molecule has 0 unspecified atom stereocenters. The molecule has 0 bridgehead atoms. The molecule has 0 fully saturated rings. The van der Waals surface area contributed by atoms with E-state index in [1.54, 1.807) is 6.08 Å². The van der Waals surface area contributed by atoms with Gasteiger partial charge in [0, 0.05) is 6.08 Å². The molecule has 1 aromatic carbocycles. The summed E-state index contributed by atoms with van der Waals surface area (Å²) in [5, 5.41) is 9.03. The van der Waals surface area contributed by atoms with Gasteiger partial charge in [-0.25, -0.2) is 0 Å². The molecule has 1 nitrogen and oxygen atoms in total. The highest BCUT2D eigenvalue weighted by atomic mass is 14.4. The molecule has 1 aliphatic rings. The summed E-state index contributed by atoms with van der Waals surface area (Å²) in [6.07, 6.45) is 2.67. The molecule has 1 aliphatic carbocycles. The van der Waals surface area contributed by atoms with E-state index < -0.39 is 0 Å². The van der Waals surface area contributed by atoms with Gasteiger partial charge >= 0.3 is 0 Å². The van der Waals surface area contributed by atoms with Crippen LogP contribution in [0.25, 0.3) is 5.57 Å². The van der Waals surface area contributed by atoms with Crippen molar-refractivity contribution in [1.82, 2.24) is 0 Å². The first kappa shape index (κ1) is 15.6. The third kappa shape index (κ3) is 2.81. The van der Waals surface area contributed by atoms with Crippen LogP contribution < -0.4 is 0 Å². The molecule has 2 rings (SSSR count). The second-order valence-electron chi connectivity index (χ2n) is 7.67. The van der Waals surface area contributed by atoms with E-state index in [2.05, 4.69) is 71.9 Å². The fourth-order valence-electron chi connectivity index (χ4n) is 3.46. The summed E-state index contributed by atoms with van der Waals surface area (Å²) in [6.45, 7) is 13.4. The van der Waals surface area contributed by atoms with Crippen molar-refractivity contribution in [1.29, 1.82) is 5.26 Å². The number of nitrogens with zero attached hydrogens (tertiary/aromatic N) is 1. The number of nitriles is 1. The van der Waals surface area contributed by atoms with Crippen molar-refractivity contribution in [2.75, 3.05) is 0 Å². The summed E-state index contributed by atoms with van der Waals surface area (Å²) in [7, 11) is 0. The lowest BCUT2D eigenvalue weighted by Crippen LogP contribution is -2.28. The number of hydrogen-bond donors (Lipinski definition) is 0. The summed E-state index contributed by atoms with van der Waals surface area (Å²) >= 11 is 0. The van der Waals surface area contributed by atoms with Crippen LogP contribution in [0, 0.1) is 16.7 Å². The summed E-state index contributed by atoms with van der Waals surface area (Å²) in [6, 6.07) is 10.9. The lowest BCUT2D eigenvalue weighted by Gasteiger charge is -2.40. The largest absolute Gasteiger partial charge is 0.193 e. The Hall–Kier alpha value is -1.81. The maximum absolute atomic E-state index is 9.03. The lowest BCUT2D eigenvalue weighted by molar-refractivity contribution is 0.491. The van der Waals surface area contributed by atoms with Gasteiger partial charge in [-0.1, -0.05) is 58.9 Å². The Morgan fingerprint density at radius 1 is 1.24 bits per heavy atom. The van der Waals surface area contributed by atoms with Gasteiger partial charge in [-0.05, 0) is 52.0 Å². The Kier molecular flexibility index (Phi) is 3.85. The van der Waals surface area contributed by atoms with Gasteiger partial charge in [0.05, 0.1) is 6.07 Å². The summed E-state index contributed by atoms with van der Waals surface area (Å²) < 4.78 is 0. The standard InChI is InChI=1S/C20H25N/c1-14(11-12-21)16-13-20(5,6)17-10-8-7-9-15(17)18(16)19(2,3)4/h7-11H,13H2,1-6H3. The highest BCUT2D eigenvalue weighted by Gasteiger charge is 2.36. The number of hydrogen-bond acceptors (Lipinski definition) is 1.